The lowest BCUT2D eigenvalue weighted by Gasteiger charge is -2.21. The predicted molar refractivity (Wildman–Crippen MR) is 93.3 cm³/mol. The Kier molecular flexibility index (Phi) is 4.94. The van der Waals surface area contributed by atoms with Gasteiger partial charge < -0.3 is 9.80 Å². The normalized spacial score (nSPS) is 17.3. The minimum Gasteiger partial charge on any atom is -0.340 e. The van der Waals surface area contributed by atoms with Crippen molar-refractivity contribution in [2.45, 2.75) is 26.4 Å². The summed E-state index contributed by atoms with van der Waals surface area (Å²) >= 11 is 1.66. The highest BCUT2D eigenvalue weighted by molar-refractivity contribution is 7.10. The number of aromatic nitrogens is 1. The predicted octanol–water partition coefficient (Wildman–Crippen LogP) is 2.46. The molecule has 3 rings (SSSR count). The van der Waals surface area contributed by atoms with Crippen LogP contribution in [-0.2, 0) is 22.7 Å². The van der Waals surface area contributed by atoms with Crippen LogP contribution in [0.3, 0.4) is 0 Å². The van der Waals surface area contributed by atoms with Gasteiger partial charge in [-0.05, 0) is 36.1 Å². The number of hydrogen-bond donors (Lipinski definition) is 0. The van der Waals surface area contributed by atoms with Crippen LogP contribution in [0.25, 0.3) is 0 Å². The van der Waals surface area contributed by atoms with Gasteiger partial charge in [0, 0.05) is 31.1 Å². The van der Waals surface area contributed by atoms with Gasteiger partial charge in [0.25, 0.3) is 0 Å². The summed E-state index contributed by atoms with van der Waals surface area (Å²) in [4.78, 5) is 33.8. The fourth-order valence-corrected chi connectivity index (χ4v) is 3.91. The Labute approximate surface area is 145 Å². The van der Waals surface area contributed by atoms with Crippen molar-refractivity contribution in [1.29, 1.82) is 0 Å². The van der Waals surface area contributed by atoms with Crippen LogP contribution in [0.1, 0.15) is 22.6 Å². The van der Waals surface area contributed by atoms with Gasteiger partial charge in [0.2, 0.25) is 11.8 Å². The number of amides is 2. The largest absolute Gasteiger partial charge is 0.340 e. The second kappa shape index (κ2) is 7.13. The number of hydrogen-bond acceptors (Lipinski definition) is 4. The van der Waals surface area contributed by atoms with E-state index in [9.17, 15) is 9.59 Å². The minimum absolute atomic E-state index is 0.0275. The molecule has 0 saturated carbocycles. The molecule has 1 fully saturated rings. The van der Waals surface area contributed by atoms with Crippen molar-refractivity contribution in [3.8, 4) is 0 Å². The number of thiophene rings is 1. The Bertz CT molecular complexity index is 729. The molecule has 5 nitrogen and oxygen atoms in total. The van der Waals surface area contributed by atoms with Gasteiger partial charge in [-0.3, -0.25) is 14.6 Å². The van der Waals surface area contributed by atoms with Crippen molar-refractivity contribution in [2.75, 3.05) is 13.6 Å². The van der Waals surface area contributed by atoms with E-state index in [0.717, 1.165) is 5.69 Å². The van der Waals surface area contributed by atoms with Crippen LogP contribution < -0.4 is 0 Å². The zero-order valence-corrected chi connectivity index (χ0v) is 14.8. The summed E-state index contributed by atoms with van der Waals surface area (Å²) in [7, 11) is 1.81. The lowest BCUT2D eigenvalue weighted by atomic mass is 10.1. The first kappa shape index (κ1) is 16.6. The molecular formula is C18H21N3O2S. The number of carbonyl (C=O) groups excluding carboxylic acids is 2. The Hall–Kier alpha value is -2.21. The van der Waals surface area contributed by atoms with E-state index in [-0.39, 0.29) is 17.7 Å². The van der Waals surface area contributed by atoms with E-state index in [2.05, 4.69) is 18.0 Å². The van der Waals surface area contributed by atoms with Gasteiger partial charge in [-0.2, -0.15) is 0 Å². The van der Waals surface area contributed by atoms with Crippen LogP contribution in [0, 0.1) is 12.8 Å². The van der Waals surface area contributed by atoms with Crippen LogP contribution >= 0.6 is 11.3 Å². The van der Waals surface area contributed by atoms with Crippen molar-refractivity contribution in [1.82, 2.24) is 14.8 Å². The SMILES string of the molecule is Cc1ccsc1CN(C)C(=O)[C@@H]1CC(=O)N(Cc2ccccn2)C1. The van der Waals surface area contributed by atoms with E-state index < -0.39 is 0 Å². The Balaban J connectivity index is 1.60. The first-order valence-electron chi connectivity index (χ1n) is 8.00. The van der Waals surface area contributed by atoms with E-state index in [1.807, 2.05) is 30.6 Å². The fourth-order valence-electron chi connectivity index (χ4n) is 2.95. The van der Waals surface area contributed by atoms with E-state index in [0.29, 0.717) is 26.1 Å². The zero-order valence-electron chi connectivity index (χ0n) is 13.9. The molecule has 2 aromatic heterocycles. The molecule has 0 N–H and O–H groups in total. The number of likely N-dealkylation sites (tertiary alicyclic amines) is 1. The smallest absolute Gasteiger partial charge is 0.228 e. The molecule has 0 spiro atoms. The van der Waals surface area contributed by atoms with Gasteiger partial charge in [0.15, 0.2) is 0 Å². The Morgan fingerprint density at radius 1 is 1.42 bits per heavy atom. The average Bonchev–Trinajstić information content (AvgIpc) is 3.14. The van der Waals surface area contributed by atoms with Gasteiger partial charge in [0.05, 0.1) is 24.7 Å². The van der Waals surface area contributed by atoms with Gasteiger partial charge in [-0.1, -0.05) is 6.07 Å². The van der Waals surface area contributed by atoms with Gasteiger partial charge in [-0.25, -0.2) is 0 Å². The second-order valence-corrected chi connectivity index (χ2v) is 7.22. The van der Waals surface area contributed by atoms with Crippen LogP contribution in [0.2, 0.25) is 0 Å². The van der Waals surface area contributed by atoms with Crippen LogP contribution in [0.4, 0.5) is 0 Å². The summed E-state index contributed by atoms with van der Waals surface area (Å²) in [5.41, 5.74) is 2.06. The number of aryl methyl sites for hydroxylation is 1. The first-order chi connectivity index (χ1) is 11.5. The molecule has 126 valence electrons. The quantitative estimate of drug-likeness (QED) is 0.838. The molecule has 2 amide bonds. The molecule has 0 aliphatic carbocycles. The van der Waals surface area contributed by atoms with Crippen molar-refractivity contribution < 1.29 is 9.59 Å². The van der Waals surface area contributed by atoms with E-state index >= 15 is 0 Å². The molecule has 1 aliphatic heterocycles. The number of rotatable bonds is 5. The molecular weight excluding hydrogens is 322 g/mol. The Morgan fingerprint density at radius 2 is 2.25 bits per heavy atom. The van der Waals surface area contributed by atoms with Crippen LogP contribution in [-0.4, -0.2) is 40.2 Å². The topological polar surface area (TPSA) is 53.5 Å². The maximum absolute atomic E-state index is 12.7. The summed E-state index contributed by atoms with van der Waals surface area (Å²) in [6, 6.07) is 7.71. The van der Waals surface area contributed by atoms with Crippen LogP contribution in [0.15, 0.2) is 35.8 Å². The molecule has 0 radical (unpaired) electrons. The lowest BCUT2D eigenvalue weighted by molar-refractivity contribution is -0.135. The molecule has 1 atom stereocenters. The molecule has 1 aliphatic rings. The molecule has 0 aromatic carbocycles. The zero-order chi connectivity index (χ0) is 17.1. The van der Waals surface area contributed by atoms with Crippen LogP contribution in [0.5, 0.6) is 0 Å². The van der Waals surface area contributed by atoms with Gasteiger partial charge in [-0.15, -0.1) is 11.3 Å². The third-order valence-corrected chi connectivity index (χ3v) is 5.38. The maximum Gasteiger partial charge on any atom is 0.228 e. The third kappa shape index (κ3) is 3.64. The van der Waals surface area contributed by atoms with Crippen molar-refractivity contribution in [3.05, 3.63) is 52.0 Å². The van der Waals surface area contributed by atoms with Crippen molar-refractivity contribution in [2.24, 2.45) is 5.92 Å². The second-order valence-electron chi connectivity index (χ2n) is 6.22. The third-order valence-electron chi connectivity index (χ3n) is 4.37. The van der Waals surface area contributed by atoms with E-state index in [4.69, 9.17) is 0 Å². The fraction of sp³-hybridized carbons (Fsp3) is 0.389. The highest BCUT2D eigenvalue weighted by Crippen LogP contribution is 2.23. The summed E-state index contributed by atoms with van der Waals surface area (Å²) in [6.45, 7) is 3.60. The number of nitrogens with zero attached hydrogens (tertiary/aromatic N) is 3. The monoisotopic (exact) mass is 343 g/mol. The summed E-state index contributed by atoms with van der Waals surface area (Å²) < 4.78 is 0. The highest BCUT2D eigenvalue weighted by atomic mass is 32.1. The maximum atomic E-state index is 12.7. The van der Waals surface area contributed by atoms with E-state index in [1.54, 1.807) is 27.3 Å². The summed E-state index contributed by atoms with van der Waals surface area (Å²) in [5, 5.41) is 2.04. The van der Waals surface area contributed by atoms with Crippen molar-refractivity contribution >= 4 is 23.2 Å². The lowest BCUT2D eigenvalue weighted by Crippen LogP contribution is -2.34. The highest BCUT2D eigenvalue weighted by Gasteiger charge is 2.35. The molecule has 0 unspecified atom stereocenters. The number of carbonyl (C=O) groups is 2. The molecule has 0 bridgehead atoms. The Morgan fingerprint density at radius 3 is 2.92 bits per heavy atom. The van der Waals surface area contributed by atoms with Gasteiger partial charge >= 0.3 is 0 Å². The summed E-state index contributed by atoms with van der Waals surface area (Å²) in [5.74, 6) is -0.189. The number of pyridine rings is 1. The van der Waals surface area contributed by atoms with E-state index in [1.165, 1.54) is 10.4 Å². The molecule has 2 aromatic rings. The first-order valence-corrected chi connectivity index (χ1v) is 8.88. The molecule has 3 heterocycles. The standard InChI is InChI=1S/C18H21N3O2S/c1-13-6-8-24-16(13)12-20(2)18(23)14-9-17(22)21(10-14)11-15-5-3-4-7-19-15/h3-8,14H,9-12H2,1-2H3/t14-/m1/s1. The molecule has 24 heavy (non-hydrogen) atoms. The molecule has 6 heteroatoms. The minimum atomic E-state index is -0.258. The average molecular weight is 343 g/mol. The molecule has 1 saturated heterocycles. The summed E-state index contributed by atoms with van der Waals surface area (Å²) in [6.07, 6.45) is 2.01. The van der Waals surface area contributed by atoms with Gasteiger partial charge in [0.1, 0.15) is 0 Å². The van der Waals surface area contributed by atoms with Crippen molar-refractivity contribution in [3.63, 3.8) is 0 Å².